The second-order valence-electron chi connectivity index (χ2n) is 6.46. The molecular weight excluding hydrogens is 238 g/mol. The van der Waals surface area contributed by atoms with E-state index in [2.05, 4.69) is 33.5 Å². The van der Waals surface area contributed by atoms with E-state index in [-0.39, 0.29) is 0 Å². The molecule has 1 aliphatic carbocycles. The molecule has 0 spiro atoms. The van der Waals surface area contributed by atoms with E-state index in [4.69, 9.17) is 5.73 Å². The van der Waals surface area contributed by atoms with Gasteiger partial charge in [-0.1, -0.05) is 13.8 Å². The summed E-state index contributed by atoms with van der Waals surface area (Å²) in [6.45, 7) is 7.66. The molecule has 3 atom stereocenters. The number of aromatic nitrogens is 3. The molecule has 1 aliphatic heterocycles. The van der Waals surface area contributed by atoms with Crippen molar-refractivity contribution in [2.24, 2.45) is 17.6 Å². The standard InChI is InChI=1S/C14H25N5/c1-10(2)11-3-4-12(15)13(7-11)18-5-6-19-9-16-17-14(19)8-18/h9-13H,3-8,15H2,1-2H3. The fraction of sp³-hybridized carbons (Fsp3) is 0.857. The van der Waals surface area contributed by atoms with Crippen molar-refractivity contribution in [3.63, 3.8) is 0 Å². The second kappa shape index (κ2) is 5.21. The Morgan fingerprint density at radius 3 is 2.95 bits per heavy atom. The van der Waals surface area contributed by atoms with Crippen molar-refractivity contribution < 1.29 is 0 Å². The molecule has 0 amide bonds. The predicted molar refractivity (Wildman–Crippen MR) is 74.4 cm³/mol. The van der Waals surface area contributed by atoms with Gasteiger partial charge in [-0.25, -0.2) is 0 Å². The van der Waals surface area contributed by atoms with Gasteiger partial charge in [-0.3, -0.25) is 4.90 Å². The fourth-order valence-corrected chi connectivity index (χ4v) is 3.60. The maximum atomic E-state index is 6.38. The van der Waals surface area contributed by atoms with Crippen LogP contribution in [0.2, 0.25) is 0 Å². The summed E-state index contributed by atoms with van der Waals surface area (Å²) in [4.78, 5) is 2.53. The minimum Gasteiger partial charge on any atom is -0.326 e. The molecule has 5 nitrogen and oxygen atoms in total. The average molecular weight is 263 g/mol. The quantitative estimate of drug-likeness (QED) is 0.872. The highest BCUT2D eigenvalue weighted by molar-refractivity contribution is 4.96. The molecule has 1 aromatic rings. The first kappa shape index (κ1) is 13.1. The Hall–Kier alpha value is -0.940. The molecular formula is C14H25N5. The van der Waals surface area contributed by atoms with E-state index in [0.717, 1.165) is 43.7 Å². The number of nitrogens with zero attached hydrogens (tertiary/aromatic N) is 4. The smallest absolute Gasteiger partial charge is 0.147 e. The molecule has 0 bridgehead atoms. The average Bonchev–Trinajstić information content (AvgIpc) is 2.86. The van der Waals surface area contributed by atoms with E-state index in [1.165, 1.54) is 12.8 Å². The number of hydrogen-bond acceptors (Lipinski definition) is 4. The summed E-state index contributed by atoms with van der Waals surface area (Å²) in [6, 6.07) is 0.844. The van der Waals surface area contributed by atoms with Crippen LogP contribution in [0.1, 0.15) is 38.9 Å². The number of fused-ring (bicyclic) bond motifs is 1. The van der Waals surface area contributed by atoms with Gasteiger partial charge in [0.2, 0.25) is 0 Å². The lowest BCUT2D eigenvalue weighted by Crippen LogP contribution is -2.53. The maximum Gasteiger partial charge on any atom is 0.147 e. The minimum atomic E-state index is 0.324. The van der Waals surface area contributed by atoms with E-state index >= 15 is 0 Å². The zero-order chi connectivity index (χ0) is 13.4. The van der Waals surface area contributed by atoms with Crippen molar-refractivity contribution in [3.8, 4) is 0 Å². The molecule has 2 N–H and O–H groups in total. The summed E-state index contributed by atoms with van der Waals surface area (Å²) in [5.74, 6) is 2.68. The Labute approximate surface area is 115 Å². The monoisotopic (exact) mass is 263 g/mol. The van der Waals surface area contributed by atoms with Gasteiger partial charge in [-0.15, -0.1) is 10.2 Å². The zero-order valence-electron chi connectivity index (χ0n) is 12.0. The Morgan fingerprint density at radius 1 is 1.32 bits per heavy atom. The van der Waals surface area contributed by atoms with E-state index in [1.54, 1.807) is 0 Å². The van der Waals surface area contributed by atoms with E-state index in [9.17, 15) is 0 Å². The van der Waals surface area contributed by atoms with Crippen LogP contribution in [0.4, 0.5) is 0 Å². The van der Waals surface area contributed by atoms with Crippen molar-refractivity contribution in [2.45, 2.75) is 58.3 Å². The van der Waals surface area contributed by atoms with Crippen molar-refractivity contribution >= 4 is 0 Å². The minimum absolute atomic E-state index is 0.324. The Morgan fingerprint density at radius 2 is 2.16 bits per heavy atom. The first-order valence-electron chi connectivity index (χ1n) is 7.51. The van der Waals surface area contributed by atoms with Crippen LogP contribution in [-0.4, -0.2) is 38.3 Å². The van der Waals surface area contributed by atoms with Crippen LogP contribution in [0.15, 0.2) is 6.33 Å². The predicted octanol–water partition coefficient (Wildman–Crippen LogP) is 1.25. The van der Waals surface area contributed by atoms with Gasteiger partial charge in [0, 0.05) is 25.2 Å². The number of rotatable bonds is 2. The van der Waals surface area contributed by atoms with Crippen LogP contribution in [0.5, 0.6) is 0 Å². The van der Waals surface area contributed by atoms with Crippen LogP contribution in [-0.2, 0) is 13.1 Å². The largest absolute Gasteiger partial charge is 0.326 e. The molecule has 1 aromatic heterocycles. The van der Waals surface area contributed by atoms with Crippen LogP contribution >= 0.6 is 0 Å². The van der Waals surface area contributed by atoms with Crippen molar-refractivity contribution in [3.05, 3.63) is 12.2 Å². The summed E-state index contributed by atoms with van der Waals surface area (Å²) >= 11 is 0. The van der Waals surface area contributed by atoms with Crippen LogP contribution in [0, 0.1) is 11.8 Å². The first-order valence-corrected chi connectivity index (χ1v) is 7.51. The van der Waals surface area contributed by atoms with Crippen molar-refractivity contribution in [1.29, 1.82) is 0 Å². The number of hydrogen-bond donors (Lipinski definition) is 1. The van der Waals surface area contributed by atoms with Crippen molar-refractivity contribution in [1.82, 2.24) is 19.7 Å². The lowest BCUT2D eigenvalue weighted by Gasteiger charge is -2.43. The third-order valence-electron chi connectivity index (χ3n) is 4.99. The number of nitrogens with two attached hydrogens (primary N) is 1. The van der Waals surface area contributed by atoms with Gasteiger partial charge in [-0.05, 0) is 31.1 Å². The van der Waals surface area contributed by atoms with Crippen LogP contribution in [0.3, 0.4) is 0 Å². The highest BCUT2D eigenvalue weighted by atomic mass is 15.3. The van der Waals surface area contributed by atoms with Gasteiger partial charge in [-0.2, -0.15) is 0 Å². The van der Waals surface area contributed by atoms with Gasteiger partial charge in [0.15, 0.2) is 0 Å². The zero-order valence-corrected chi connectivity index (χ0v) is 12.0. The highest BCUT2D eigenvalue weighted by Gasteiger charge is 2.35. The maximum absolute atomic E-state index is 6.38. The fourth-order valence-electron chi connectivity index (χ4n) is 3.60. The lowest BCUT2D eigenvalue weighted by molar-refractivity contribution is 0.0735. The van der Waals surface area contributed by atoms with E-state index < -0.39 is 0 Å². The molecule has 2 heterocycles. The van der Waals surface area contributed by atoms with Gasteiger partial charge < -0.3 is 10.3 Å². The van der Waals surface area contributed by atoms with E-state index in [0.29, 0.717) is 12.1 Å². The summed E-state index contributed by atoms with van der Waals surface area (Å²) < 4.78 is 2.16. The molecule has 0 saturated heterocycles. The van der Waals surface area contributed by atoms with E-state index in [1.807, 2.05) is 6.33 Å². The van der Waals surface area contributed by atoms with Crippen LogP contribution < -0.4 is 5.73 Å². The SMILES string of the molecule is CC(C)C1CCC(N)C(N2CCn3cnnc3C2)C1. The molecule has 3 rings (SSSR count). The second-order valence-corrected chi connectivity index (χ2v) is 6.46. The summed E-state index contributed by atoms with van der Waals surface area (Å²) in [7, 11) is 0. The first-order chi connectivity index (χ1) is 9.15. The van der Waals surface area contributed by atoms with Gasteiger partial charge in [0.25, 0.3) is 0 Å². The molecule has 0 radical (unpaired) electrons. The molecule has 0 aromatic carbocycles. The third kappa shape index (κ3) is 2.54. The Bertz CT molecular complexity index is 427. The summed E-state index contributed by atoms with van der Waals surface area (Å²) in [5, 5.41) is 8.21. The molecule has 1 saturated carbocycles. The van der Waals surface area contributed by atoms with Gasteiger partial charge in [0.1, 0.15) is 12.2 Å². The molecule has 106 valence electrons. The Balaban J connectivity index is 1.71. The molecule has 19 heavy (non-hydrogen) atoms. The highest BCUT2D eigenvalue weighted by Crippen LogP contribution is 2.33. The normalized spacial score (nSPS) is 32.5. The molecule has 1 fully saturated rings. The Kier molecular flexibility index (Phi) is 3.58. The molecule has 2 aliphatic rings. The molecule has 3 unspecified atom stereocenters. The van der Waals surface area contributed by atoms with Crippen molar-refractivity contribution in [2.75, 3.05) is 6.54 Å². The topological polar surface area (TPSA) is 60.0 Å². The van der Waals surface area contributed by atoms with Gasteiger partial charge in [0.05, 0.1) is 6.54 Å². The van der Waals surface area contributed by atoms with Gasteiger partial charge >= 0.3 is 0 Å². The van der Waals surface area contributed by atoms with Crippen LogP contribution in [0.25, 0.3) is 0 Å². The summed E-state index contributed by atoms with van der Waals surface area (Å²) in [6.07, 6.45) is 5.54. The molecule has 5 heteroatoms. The lowest BCUT2D eigenvalue weighted by atomic mass is 9.76. The third-order valence-corrected chi connectivity index (χ3v) is 4.99. The summed E-state index contributed by atoms with van der Waals surface area (Å²) in [5.41, 5.74) is 6.38.